The van der Waals surface area contributed by atoms with Crippen LogP contribution in [0.1, 0.15) is 35.3 Å². The van der Waals surface area contributed by atoms with E-state index in [-0.39, 0.29) is 6.09 Å². The van der Waals surface area contributed by atoms with Crippen LogP contribution in [0.15, 0.2) is 4.99 Å². The number of guanidine groups is 1. The molecule has 8 heteroatoms. The van der Waals surface area contributed by atoms with Crippen molar-refractivity contribution in [2.75, 3.05) is 26.7 Å². The number of hydrogen-bond donors (Lipinski definition) is 2. The third-order valence-corrected chi connectivity index (χ3v) is 5.05. The third kappa shape index (κ3) is 5.09. The third-order valence-electron chi connectivity index (χ3n) is 3.99. The minimum absolute atomic E-state index is 0.245. The number of carbonyl (C=O) groups excluding carboxylic acids is 1. The first-order valence-corrected chi connectivity index (χ1v) is 9.15. The number of ether oxygens (including phenoxy) is 1. The van der Waals surface area contributed by atoms with Gasteiger partial charge in [0.05, 0.1) is 24.4 Å². The maximum absolute atomic E-state index is 11.5. The van der Waals surface area contributed by atoms with E-state index in [1.165, 1.54) is 12.0 Å². The molecule has 134 valence electrons. The van der Waals surface area contributed by atoms with Crippen LogP contribution in [0.5, 0.6) is 0 Å². The lowest BCUT2D eigenvalue weighted by atomic mass is 10.1. The zero-order valence-corrected chi connectivity index (χ0v) is 15.7. The first kappa shape index (κ1) is 18.5. The number of thiazole rings is 1. The monoisotopic (exact) mass is 353 g/mol. The number of aryl methyl sites for hydroxylation is 2. The fraction of sp³-hybridized carbons (Fsp3) is 0.688. The minimum atomic E-state index is -0.245. The predicted molar refractivity (Wildman–Crippen MR) is 96.5 cm³/mol. The summed E-state index contributed by atoms with van der Waals surface area (Å²) in [5.74, 6) is 0.819. The summed E-state index contributed by atoms with van der Waals surface area (Å²) in [7, 11) is 1.42. The largest absolute Gasteiger partial charge is 0.453 e. The van der Waals surface area contributed by atoms with E-state index in [0.29, 0.717) is 25.7 Å². The zero-order valence-electron chi connectivity index (χ0n) is 14.9. The Kier molecular flexibility index (Phi) is 6.84. The Bertz CT molecular complexity index is 579. The molecule has 1 aliphatic rings. The normalized spacial score (nSPS) is 16.2. The number of hydrogen-bond acceptors (Lipinski definition) is 5. The minimum Gasteiger partial charge on any atom is -0.453 e. The highest BCUT2D eigenvalue weighted by molar-refractivity contribution is 7.11. The quantitative estimate of drug-likeness (QED) is 0.640. The molecule has 1 fully saturated rings. The highest BCUT2D eigenvalue weighted by atomic mass is 32.1. The molecule has 0 unspecified atom stereocenters. The Balaban J connectivity index is 1.90. The molecule has 2 rings (SSSR count). The number of nitrogens with one attached hydrogen (secondary N) is 2. The fourth-order valence-electron chi connectivity index (χ4n) is 2.72. The summed E-state index contributed by atoms with van der Waals surface area (Å²) in [6, 6.07) is 0.313. The van der Waals surface area contributed by atoms with Crippen LogP contribution in [0.25, 0.3) is 0 Å². The number of nitrogens with zero attached hydrogens (tertiary/aromatic N) is 3. The van der Waals surface area contributed by atoms with Crippen LogP contribution in [-0.2, 0) is 11.3 Å². The fourth-order valence-corrected chi connectivity index (χ4v) is 3.58. The van der Waals surface area contributed by atoms with Gasteiger partial charge in [0.2, 0.25) is 0 Å². The summed E-state index contributed by atoms with van der Waals surface area (Å²) < 4.78 is 4.77. The molecule has 0 saturated carbocycles. The topological polar surface area (TPSA) is 78.9 Å². The summed E-state index contributed by atoms with van der Waals surface area (Å²) >= 11 is 1.69. The zero-order chi connectivity index (χ0) is 17.5. The molecule has 1 aliphatic heterocycles. The maximum Gasteiger partial charge on any atom is 0.409 e. The van der Waals surface area contributed by atoms with Gasteiger partial charge < -0.3 is 20.3 Å². The average Bonchev–Trinajstić information content (AvgIpc) is 2.90. The van der Waals surface area contributed by atoms with E-state index in [1.807, 2.05) is 13.8 Å². The van der Waals surface area contributed by atoms with Crippen molar-refractivity contribution in [3.63, 3.8) is 0 Å². The molecule has 2 heterocycles. The van der Waals surface area contributed by atoms with Crippen molar-refractivity contribution in [1.82, 2.24) is 20.5 Å². The van der Waals surface area contributed by atoms with Gasteiger partial charge in [-0.2, -0.15) is 0 Å². The van der Waals surface area contributed by atoms with E-state index in [4.69, 9.17) is 4.74 Å². The smallest absolute Gasteiger partial charge is 0.409 e. The van der Waals surface area contributed by atoms with Crippen LogP contribution >= 0.6 is 11.3 Å². The molecular weight excluding hydrogens is 326 g/mol. The van der Waals surface area contributed by atoms with Crippen molar-refractivity contribution in [1.29, 1.82) is 0 Å². The summed E-state index contributed by atoms with van der Waals surface area (Å²) in [4.78, 5) is 23.6. The molecular formula is C16H27N5O2S. The Hall–Kier alpha value is -1.83. The van der Waals surface area contributed by atoms with E-state index in [2.05, 4.69) is 27.5 Å². The molecule has 2 N–H and O–H groups in total. The lowest BCUT2D eigenvalue weighted by molar-refractivity contribution is 0.111. The Morgan fingerprint density at radius 2 is 2.12 bits per heavy atom. The van der Waals surface area contributed by atoms with E-state index in [9.17, 15) is 4.79 Å². The van der Waals surface area contributed by atoms with Gasteiger partial charge in [-0.3, -0.25) is 0 Å². The van der Waals surface area contributed by atoms with Crippen molar-refractivity contribution in [2.45, 2.75) is 46.2 Å². The van der Waals surface area contributed by atoms with Crippen LogP contribution in [0.3, 0.4) is 0 Å². The lowest BCUT2D eigenvalue weighted by Crippen LogP contribution is -2.49. The predicted octanol–water partition coefficient (Wildman–Crippen LogP) is 2.05. The first-order chi connectivity index (χ1) is 11.5. The Morgan fingerprint density at radius 3 is 2.67 bits per heavy atom. The maximum atomic E-state index is 11.5. The highest BCUT2D eigenvalue weighted by Gasteiger charge is 2.23. The van der Waals surface area contributed by atoms with Gasteiger partial charge in [-0.1, -0.05) is 0 Å². The average molecular weight is 353 g/mol. The van der Waals surface area contributed by atoms with Gasteiger partial charge in [-0.05, 0) is 33.6 Å². The molecule has 0 aliphatic carbocycles. The van der Waals surface area contributed by atoms with E-state index >= 15 is 0 Å². The van der Waals surface area contributed by atoms with Crippen LogP contribution in [0.2, 0.25) is 0 Å². The van der Waals surface area contributed by atoms with Crippen molar-refractivity contribution >= 4 is 23.4 Å². The van der Waals surface area contributed by atoms with Gasteiger partial charge in [0.25, 0.3) is 0 Å². The Morgan fingerprint density at radius 1 is 1.42 bits per heavy atom. The summed E-state index contributed by atoms with van der Waals surface area (Å²) in [5.41, 5.74) is 1.06. The molecule has 1 saturated heterocycles. The van der Waals surface area contributed by atoms with Crippen LogP contribution < -0.4 is 10.6 Å². The molecule has 0 radical (unpaired) electrons. The molecule has 1 aromatic heterocycles. The van der Waals surface area contributed by atoms with Crippen molar-refractivity contribution in [3.05, 3.63) is 15.6 Å². The van der Waals surface area contributed by atoms with Crippen molar-refractivity contribution in [3.8, 4) is 0 Å². The number of rotatable bonds is 4. The number of piperidine rings is 1. The van der Waals surface area contributed by atoms with Gasteiger partial charge in [-0.25, -0.2) is 14.8 Å². The number of methoxy groups -OCH3 is 1. The van der Waals surface area contributed by atoms with Crippen molar-refractivity contribution in [2.24, 2.45) is 4.99 Å². The number of likely N-dealkylation sites (tertiary alicyclic amines) is 1. The van der Waals surface area contributed by atoms with E-state index in [0.717, 1.165) is 36.0 Å². The molecule has 0 aromatic carbocycles. The molecule has 24 heavy (non-hydrogen) atoms. The second-order valence-corrected chi connectivity index (χ2v) is 7.10. The first-order valence-electron chi connectivity index (χ1n) is 8.34. The van der Waals surface area contributed by atoms with Crippen molar-refractivity contribution < 1.29 is 9.53 Å². The standard InChI is InChI=1S/C16H27N5O2S/c1-5-17-15(18-10-14-11(2)19-12(3)24-14)20-13-6-8-21(9-7-13)16(22)23-4/h13H,5-10H2,1-4H3,(H2,17,18,20). The van der Waals surface area contributed by atoms with Gasteiger partial charge in [0, 0.05) is 30.6 Å². The van der Waals surface area contributed by atoms with E-state index < -0.39 is 0 Å². The number of aromatic nitrogens is 1. The second-order valence-electron chi connectivity index (χ2n) is 5.81. The molecule has 0 atom stereocenters. The van der Waals surface area contributed by atoms with Gasteiger partial charge >= 0.3 is 6.09 Å². The molecule has 1 amide bonds. The van der Waals surface area contributed by atoms with Crippen LogP contribution in [0.4, 0.5) is 4.79 Å². The molecule has 1 aromatic rings. The number of aliphatic imine (C=N–C) groups is 1. The van der Waals surface area contributed by atoms with E-state index in [1.54, 1.807) is 16.2 Å². The van der Waals surface area contributed by atoms with Crippen LogP contribution in [0, 0.1) is 13.8 Å². The molecule has 0 bridgehead atoms. The highest BCUT2D eigenvalue weighted by Crippen LogP contribution is 2.18. The summed E-state index contributed by atoms with van der Waals surface area (Å²) in [6.07, 6.45) is 1.53. The summed E-state index contributed by atoms with van der Waals surface area (Å²) in [6.45, 7) is 8.95. The second kappa shape index (κ2) is 8.86. The van der Waals surface area contributed by atoms with Crippen LogP contribution in [-0.4, -0.2) is 54.7 Å². The SMILES string of the molecule is CCNC(=NCc1sc(C)nc1C)NC1CCN(C(=O)OC)CC1. The van der Waals surface area contributed by atoms with Gasteiger partial charge in [0.15, 0.2) is 5.96 Å². The Labute approximate surface area is 147 Å². The molecule has 0 spiro atoms. The summed E-state index contributed by atoms with van der Waals surface area (Å²) in [5, 5.41) is 7.84. The number of carbonyl (C=O) groups is 1. The van der Waals surface area contributed by atoms with Gasteiger partial charge in [-0.15, -0.1) is 11.3 Å². The lowest BCUT2D eigenvalue weighted by Gasteiger charge is -2.32. The number of amides is 1. The molecule has 7 nitrogen and oxygen atoms in total. The van der Waals surface area contributed by atoms with Gasteiger partial charge in [0.1, 0.15) is 0 Å².